The molecule has 1 aromatic carbocycles. The second kappa shape index (κ2) is 3.99. The maximum absolute atomic E-state index is 5.95. The Morgan fingerprint density at radius 3 is 2.38 bits per heavy atom. The lowest BCUT2D eigenvalue weighted by atomic mass is 9.94. The summed E-state index contributed by atoms with van der Waals surface area (Å²) in [7, 11) is 0. The number of hydrogen-bond donors (Lipinski definition) is 0. The van der Waals surface area contributed by atoms with Gasteiger partial charge in [-0.25, -0.2) is 0 Å². The van der Waals surface area contributed by atoms with Crippen LogP contribution < -0.4 is 0 Å². The van der Waals surface area contributed by atoms with Crippen LogP contribution in [0.25, 0.3) is 11.3 Å². The summed E-state index contributed by atoms with van der Waals surface area (Å²) < 4.78 is 5.83. The molecule has 0 aliphatic carbocycles. The second-order valence-corrected chi connectivity index (χ2v) is 5.36. The SMILES string of the molecule is CC(C)(C)c1ccc(-c2cccc(Cl)c2)o1. The van der Waals surface area contributed by atoms with Crippen LogP contribution in [0.1, 0.15) is 26.5 Å². The molecule has 2 aromatic rings. The summed E-state index contributed by atoms with van der Waals surface area (Å²) in [4.78, 5) is 0. The van der Waals surface area contributed by atoms with Crippen molar-refractivity contribution in [1.82, 2.24) is 0 Å². The summed E-state index contributed by atoms with van der Waals surface area (Å²) in [6, 6.07) is 11.7. The van der Waals surface area contributed by atoms with Gasteiger partial charge < -0.3 is 4.42 Å². The molecule has 0 unspecified atom stereocenters. The van der Waals surface area contributed by atoms with E-state index in [0.717, 1.165) is 22.1 Å². The Balaban J connectivity index is 2.39. The molecule has 0 spiro atoms. The molecule has 0 atom stereocenters. The summed E-state index contributed by atoms with van der Waals surface area (Å²) >= 11 is 5.95. The standard InChI is InChI=1S/C14H15ClO/c1-14(2,3)13-8-7-12(16-13)10-5-4-6-11(15)9-10/h4-9H,1-3H3. The lowest BCUT2D eigenvalue weighted by molar-refractivity contribution is 0.417. The summed E-state index contributed by atoms with van der Waals surface area (Å²) in [6.45, 7) is 6.40. The van der Waals surface area contributed by atoms with Gasteiger partial charge in [-0.1, -0.05) is 44.5 Å². The Kier molecular flexibility index (Phi) is 2.81. The number of hydrogen-bond acceptors (Lipinski definition) is 1. The van der Waals surface area contributed by atoms with E-state index in [1.807, 2.05) is 36.4 Å². The van der Waals surface area contributed by atoms with Crippen molar-refractivity contribution in [2.24, 2.45) is 0 Å². The largest absolute Gasteiger partial charge is 0.461 e. The molecule has 0 fully saturated rings. The maximum atomic E-state index is 5.95. The Morgan fingerprint density at radius 2 is 1.81 bits per heavy atom. The molecule has 0 bridgehead atoms. The molecule has 2 heteroatoms. The quantitative estimate of drug-likeness (QED) is 0.684. The van der Waals surface area contributed by atoms with E-state index in [4.69, 9.17) is 16.0 Å². The fourth-order valence-corrected chi connectivity index (χ4v) is 1.73. The second-order valence-electron chi connectivity index (χ2n) is 4.92. The third-order valence-electron chi connectivity index (χ3n) is 2.45. The molecule has 0 radical (unpaired) electrons. The van der Waals surface area contributed by atoms with Gasteiger partial charge in [0.1, 0.15) is 11.5 Å². The van der Waals surface area contributed by atoms with Crippen LogP contribution in [0.15, 0.2) is 40.8 Å². The van der Waals surface area contributed by atoms with Gasteiger partial charge in [-0.3, -0.25) is 0 Å². The third-order valence-corrected chi connectivity index (χ3v) is 2.69. The maximum Gasteiger partial charge on any atom is 0.134 e. The molecule has 1 nitrogen and oxygen atoms in total. The molecular weight excluding hydrogens is 220 g/mol. The van der Waals surface area contributed by atoms with Crippen molar-refractivity contribution >= 4 is 11.6 Å². The zero-order valence-electron chi connectivity index (χ0n) is 9.75. The van der Waals surface area contributed by atoms with E-state index in [2.05, 4.69) is 20.8 Å². The molecule has 1 heterocycles. The minimum atomic E-state index is 0.0385. The lowest BCUT2D eigenvalue weighted by Crippen LogP contribution is -2.08. The van der Waals surface area contributed by atoms with E-state index < -0.39 is 0 Å². The van der Waals surface area contributed by atoms with Crippen molar-refractivity contribution in [3.8, 4) is 11.3 Å². The molecule has 0 amide bonds. The predicted molar refractivity (Wildman–Crippen MR) is 67.9 cm³/mol. The van der Waals surface area contributed by atoms with Crippen molar-refractivity contribution in [3.63, 3.8) is 0 Å². The Labute approximate surface area is 101 Å². The average molecular weight is 235 g/mol. The zero-order valence-corrected chi connectivity index (χ0v) is 10.5. The van der Waals surface area contributed by atoms with E-state index >= 15 is 0 Å². The van der Waals surface area contributed by atoms with E-state index in [-0.39, 0.29) is 5.41 Å². The van der Waals surface area contributed by atoms with Crippen LogP contribution in [0.5, 0.6) is 0 Å². The fourth-order valence-electron chi connectivity index (χ4n) is 1.54. The first-order chi connectivity index (χ1) is 7.47. The van der Waals surface area contributed by atoms with Gasteiger partial charge in [-0.2, -0.15) is 0 Å². The van der Waals surface area contributed by atoms with E-state index in [1.165, 1.54) is 0 Å². The van der Waals surface area contributed by atoms with E-state index in [9.17, 15) is 0 Å². The van der Waals surface area contributed by atoms with Crippen LogP contribution in [0.2, 0.25) is 5.02 Å². The molecule has 0 N–H and O–H groups in total. The molecule has 84 valence electrons. The first-order valence-electron chi connectivity index (χ1n) is 5.33. The van der Waals surface area contributed by atoms with Gasteiger partial charge in [0.05, 0.1) is 0 Å². The molecule has 0 aliphatic heterocycles. The number of halogens is 1. The molecule has 1 aromatic heterocycles. The van der Waals surface area contributed by atoms with Gasteiger partial charge in [0.15, 0.2) is 0 Å². The normalized spacial score (nSPS) is 11.8. The Bertz CT molecular complexity index is 491. The molecule has 0 saturated carbocycles. The van der Waals surface area contributed by atoms with Crippen LogP contribution in [-0.4, -0.2) is 0 Å². The molecule has 0 saturated heterocycles. The average Bonchev–Trinajstić information content (AvgIpc) is 2.65. The summed E-state index contributed by atoms with van der Waals surface area (Å²) in [5, 5.41) is 0.728. The topological polar surface area (TPSA) is 13.1 Å². The van der Waals surface area contributed by atoms with Crippen LogP contribution in [0.3, 0.4) is 0 Å². The summed E-state index contributed by atoms with van der Waals surface area (Å²) in [5.74, 6) is 1.86. The van der Waals surface area contributed by atoms with Crippen molar-refractivity contribution < 1.29 is 4.42 Å². The minimum absolute atomic E-state index is 0.0385. The van der Waals surface area contributed by atoms with Gasteiger partial charge in [-0.15, -0.1) is 0 Å². The third kappa shape index (κ3) is 2.30. The number of rotatable bonds is 1. The van der Waals surface area contributed by atoms with Crippen LogP contribution in [0.4, 0.5) is 0 Å². The highest BCUT2D eigenvalue weighted by Crippen LogP contribution is 2.30. The summed E-state index contributed by atoms with van der Waals surface area (Å²) in [6.07, 6.45) is 0. The summed E-state index contributed by atoms with van der Waals surface area (Å²) in [5.41, 5.74) is 1.06. The lowest BCUT2D eigenvalue weighted by Gasteiger charge is -2.14. The molecule has 2 rings (SSSR count). The predicted octanol–water partition coefficient (Wildman–Crippen LogP) is 4.90. The smallest absolute Gasteiger partial charge is 0.134 e. The number of furan rings is 1. The van der Waals surface area contributed by atoms with E-state index in [0.29, 0.717) is 0 Å². The molecule has 0 aliphatic rings. The van der Waals surface area contributed by atoms with Crippen LogP contribution in [-0.2, 0) is 5.41 Å². The highest BCUT2D eigenvalue weighted by Gasteiger charge is 2.18. The molecule has 16 heavy (non-hydrogen) atoms. The van der Waals surface area contributed by atoms with Crippen LogP contribution >= 0.6 is 11.6 Å². The van der Waals surface area contributed by atoms with Gasteiger partial charge in [0.2, 0.25) is 0 Å². The van der Waals surface area contributed by atoms with Crippen molar-refractivity contribution in [3.05, 3.63) is 47.2 Å². The first kappa shape index (κ1) is 11.3. The fraction of sp³-hybridized carbons (Fsp3) is 0.286. The van der Waals surface area contributed by atoms with Gasteiger partial charge in [-0.05, 0) is 24.3 Å². The highest BCUT2D eigenvalue weighted by atomic mass is 35.5. The zero-order chi connectivity index (χ0) is 11.8. The van der Waals surface area contributed by atoms with Gasteiger partial charge in [0.25, 0.3) is 0 Å². The molecular formula is C14H15ClO. The van der Waals surface area contributed by atoms with Crippen molar-refractivity contribution in [1.29, 1.82) is 0 Å². The highest BCUT2D eigenvalue weighted by molar-refractivity contribution is 6.30. The number of benzene rings is 1. The van der Waals surface area contributed by atoms with Crippen molar-refractivity contribution in [2.45, 2.75) is 26.2 Å². The monoisotopic (exact) mass is 234 g/mol. The minimum Gasteiger partial charge on any atom is -0.461 e. The van der Waals surface area contributed by atoms with Gasteiger partial charge in [0, 0.05) is 16.0 Å². The van der Waals surface area contributed by atoms with Crippen LogP contribution in [0, 0.1) is 0 Å². The van der Waals surface area contributed by atoms with Crippen molar-refractivity contribution in [2.75, 3.05) is 0 Å². The first-order valence-corrected chi connectivity index (χ1v) is 5.71. The Hall–Kier alpha value is -1.21. The van der Waals surface area contributed by atoms with Gasteiger partial charge >= 0.3 is 0 Å². The van der Waals surface area contributed by atoms with E-state index in [1.54, 1.807) is 0 Å². The Morgan fingerprint density at radius 1 is 1.06 bits per heavy atom.